The number of hydrogen-bond acceptors (Lipinski definition) is 4. The van der Waals surface area contributed by atoms with Crippen molar-refractivity contribution in [1.82, 2.24) is 15.1 Å². The molecule has 0 aliphatic carbocycles. The Kier molecular flexibility index (Phi) is 4.94. The first kappa shape index (κ1) is 17.4. The highest BCUT2D eigenvalue weighted by Crippen LogP contribution is 2.23. The summed E-state index contributed by atoms with van der Waals surface area (Å²) >= 11 is 0. The predicted octanol–water partition coefficient (Wildman–Crippen LogP) is 3.70. The molecule has 0 atom stereocenters. The van der Waals surface area contributed by atoms with Crippen LogP contribution in [0, 0.1) is 0 Å². The molecule has 138 valence electrons. The number of aromatic hydroxyl groups is 1. The van der Waals surface area contributed by atoms with Crippen molar-refractivity contribution in [3.8, 4) is 17.0 Å². The minimum absolute atomic E-state index is 0.274. The standard InChI is InChI=1S/C22H24N4O/c1-25-12-14-26(15-13-25)20-8-5-18(6-9-20)22-16-19(23-24-22)7-2-17-3-10-21(27)11-4-17/h2-11,16,27H,12-15H2,1H3,(H,23,24)/b7-2+. The fourth-order valence-electron chi connectivity index (χ4n) is 3.25. The van der Waals surface area contributed by atoms with Gasteiger partial charge in [-0.25, -0.2) is 0 Å². The molecule has 0 unspecified atom stereocenters. The largest absolute Gasteiger partial charge is 0.508 e. The van der Waals surface area contributed by atoms with E-state index >= 15 is 0 Å². The van der Waals surface area contributed by atoms with Crippen LogP contribution >= 0.6 is 0 Å². The first-order chi connectivity index (χ1) is 13.2. The van der Waals surface area contributed by atoms with E-state index in [0.29, 0.717) is 0 Å². The Bertz CT molecular complexity index is 904. The highest BCUT2D eigenvalue weighted by molar-refractivity contribution is 5.71. The number of nitrogens with zero attached hydrogens (tertiary/aromatic N) is 3. The summed E-state index contributed by atoms with van der Waals surface area (Å²) in [6.07, 6.45) is 3.98. The Morgan fingerprint density at radius 2 is 1.63 bits per heavy atom. The number of piperazine rings is 1. The number of nitrogens with one attached hydrogen (secondary N) is 1. The van der Waals surface area contributed by atoms with E-state index in [1.807, 2.05) is 30.4 Å². The van der Waals surface area contributed by atoms with E-state index in [1.54, 1.807) is 12.1 Å². The number of hydrogen-bond donors (Lipinski definition) is 2. The molecule has 0 amide bonds. The van der Waals surface area contributed by atoms with Gasteiger partial charge < -0.3 is 14.9 Å². The maximum atomic E-state index is 9.34. The normalized spacial score (nSPS) is 15.5. The molecule has 4 rings (SSSR count). The Hall–Kier alpha value is -3.05. The highest BCUT2D eigenvalue weighted by atomic mass is 16.3. The van der Waals surface area contributed by atoms with Gasteiger partial charge in [-0.05, 0) is 49.0 Å². The molecule has 2 aromatic carbocycles. The zero-order valence-electron chi connectivity index (χ0n) is 15.5. The van der Waals surface area contributed by atoms with E-state index in [0.717, 1.165) is 48.7 Å². The summed E-state index contributed by atoms with van der Waals surface area (Å²) < 4.78 is 0. The van der Waals surface area contributed by atoms with E-state index in [9.17, 15) is 5.11 Å². The molecule has 1 aromatic heterocycles. The van der Waals surface area contributed by atoms with Crippen LogP contribution in [0.25, 0.3) is 23.4 Å². The molecule has 0 spiro atoms. The lowest BCUT2D eigenvalue weighted by Gasteiger charge is -2.34. The summed E-state index contributed by atoms with van der Waals surface area (Å²) in [4.78, 5) is 4.79. The number of likely N-dealkylation sites (N-methyl/N-ethyl adjacent to an activating group) is 1. The number of phenolic OH excluding ortho intramolecular Hbond substituents is 1. The van der Waals surface area contributed by atoms with Gasteiger partial charge in [0.1, 0.15) is 5.75 Å². The second kappa shape index (κ2) is 7.68. The van der Waals surface area contributed by atoms with Crippen molar-refractivity contribution in [2.24, 2.45) is 0 Å². The predicted molar refractivity (Wildman–Crippen MR) is 111 cm³/mol. The van der Waals surface area contributed by atoms with E-state index < -0.39 is 0 Å². The maximum absolute atomic E-state index is 9.34. The monoisotopic (exact) mass is 360 g/mol. The number of H-pyrrole nitrogens is 1. The molecule has 1 fully saturated rings. The third kappa shape index (κ3) is 4.20. The van der Waals surface area contributed by atoms with Gasteiger partial charge in [-0.2, -0.15) is 5.10 Å². The van der Waals surface area contributed by atoms with Crippen molar-refractivity contribution < 1.29 is 5.11 Å². The van der Waals surface area contributed by atoms with Gasteiger partial charge in [-0.3, -0.25) is 5.10 Å². The minimum atomic E-state index is 0.274. The van der Waals surface area contributed by atoms with Gasteiger partial charge in [-0.1, -0.05) is 30.3 Å². The molecule has 0 saturated carbocycles. The molecule has 1 aliphatic heterocycles. The first-order valence-corrected chi connectivity index (χ1v) is 9.24. The van der Waals surface area contributed by atoms with E-state index in [4.69, 9.17) is 0 Å². The van der Waals surface area contributed by atoms with Crippen LogP contribution in [0.3, 0.4) is 0 Å². The van der Waals surface area contributed by atoms with Gasteiger partial charge in [-0.15, -0.1) is 0 Å². The lowest BCUT2D eigenvalue weighted by atomic mass is 10.1. The maximum Gasteiger partial charge on any atom is 0.115 e. The lowest BCUT2D eigenvalue weighted by Crippen LogP contribution is -2.44. The zero-order chi connectivity index (χ0) is 18.6. The summed E-state index contributed by atoms with van der Waals surface area (Å²) in [5, 5.41) is 16.8. The molecule has 2 N–H and O–H groups in total. The first-order valence-electron chi connectivity index (χ1n) is 9.24. The van der Waals surface area contributed by atoms with Crippen LogP contribution in [0.1, 0.15) is 11.3 Å². The summed E-state index contributed by atoms with van der Waals surface area (Å²) in [7, 11) is 2.17. The van der Waals surface area contributed by atoms with Crippen molar-refractivity contribution >= 4 is 17.8 Å². The quantitative estimate of drug-likeness (QED) is 0.745. The third-order valence-electron chi connectivity index (χ3n) is 4.98. The molecule has 3 aromatic rings. The zero-order valence-corrected chi connectivity index (χ0v) is 15.5. The van der Waals surface area contributed by atoms with Gasteiger partial charge in [0.05, 0.1) is 11.4 Å². The summed E-state index contributed by atoms with van der Waals surface area (Å²) in [6.45, 7) is 4.37. The molecule has 27 heavy (non-hydrogen) atoms. The Labute approximate surface area is 159 Å². The van der Waals surface area contributed by atoms with Gasteiger partial charge >= 0.3 is 0 Å². The molecule has 0 radical (unpaired) electrons. The van der Waals surface area contributed by atoms with Gasteiger partial charge in [0, 0.05) is 37.4 Å². The summed E-state index contributed by atoms with van der Waals surface area (Å²) in [6, 6.07) is 17.8. The van der Waals surface area contributed by atoms with Crippen LogP contribution in [0.5, 0.6) is 5.75 Å². The van der Waals surface area contributed by atoms with Gasteiger partial charge in [0.25, 0.3) is 0 Å². The number of aromatic amines is 1. The number of phenols is 1. The highest BCUT2D eigenvalue weighted by Gasteiger charge is 2.14. The molecule has 1 aliphatic rings. The summed E-state index contributed by atoms with van der Waals surface area (Å²) in [5.74, 6) is 0.274. The van der Waals surface area contributed by atoms with Crippen molar-refractivity contribution in [3.63, 3.8) is 0 Å². The van der Waals surface area contributed by atoms with Crippen LogP contribution < -0.4 is 4.90 Å². The molecule has 5 heteroatoms. The van der Waals surface area contributed by atoms with Crippen molar-refractivity contribution in [3.05, 3.63) is 65.9 Å². The molecular formula is C22H24N4O. The average molecular weight is 360 g/mol. The van der Waals surface area contributed by atoms with Crippen LogP contribution in [0.4, 0.5) is 5.69 Å². The number of benzene rings is 2. The second-order valence-corrected chi connectivity index (χ2v) is 6.97. The van der Waals surface area contributed by atoms with Crippen LogP contribution in [-0.2, 0) is 0 Å². The van der Waals surface area contributed by atoms with Crippen molar-refractivity contribution in [1.29, 1.82) is 0 Å². The van der Waals surface area contributed by atoms with Crippen LogP contribution in [0.15, 0.2) is 54.6 Å². The number of anilines is 1. The Morgan fingerprint density at radius 3 is 2.33 bits per heavy atom. The average Bonchev–Trinajstić information content (AvgIpc) is 3.17. The summed E-state index contributed by atoms with van der Waals surface area (Å²) in [5.41, 5.74) is 5.29. The molecule has 1 saturated heterocycles. The lowest BCUT2D eigenvalue weighted by molar-refractivity contribution is 0.313. The van der Waals surface area contributed by atoms with Crippen LogP contribution in [-0.4, -0.2) is 53.4 Å². The number of rotatable bonds is 4. The molecule has 2 heterocycles. The van der Waals surface area contributed by atoms with E-state index in [1.165, 1.54) is 5.69 Å². The Morgan fingerprint density at radius 1 is 0.926 bits per heavy atom. The minimum Gasteiger partial charge on any atom is -0.508 e. The smallest absolute Gasteiger partial charge is 0.115 e. The van der Waals surface area contributed by atoms with E-state index in [2.05, 4.69) is 51.3 Å². The van der Waals surface area contributed by atoms with Gasteiger partial charge in [0.15, 0.2) is 0 Å². The van der Waals surface area contributed by atoms with Crippen molar-refractivity contribution in [2.45, 2.75) is 0 Å². The fraction of sp³-hybridized carbons (Fsp3) is 0.227. The second-order valence-electron chi connectivity index (χ2n) is 6.97. The third-order valence-corrected chi connectivity index (χ3v) is 4.98. The fourth-order valence-corrected chi connectivity index (χ4v) is 3.25. The number of aromatic nitrogens is 2. The van der Waals surface area contributed by atoms with Gasteiger partial charge in [0.2, 0.25) is 0 Å². The van der Waals surface area contributed by atoms with E-state index in [-0.39, 0.29) is 5.75 Å². The van der Waals surface area contributed by atoms with Crippen molar-refractivity contribution in [2.75, 3.05) is 38.1 Å². The Balaban J connectivity index is 1.44. The van der Waals surface area contributed by atoms with Crippen LogP contribution in [0.2, 0.25) is 0 Å². The topological polar surface area (TPSA) is 55.4 Å². The molecular weight excluding hydrogens is 336 g/mol. The molecule has 0 bridgehead atoms. The SMILES string of the molecule is CN1CCN(c2ccc(-c3cc(/C=C/c4ccc(O)cc4)[nH]n3)cc2)CC1. The molecule has 5 nitrogen and oxygen atoms in total.